The Morgan fingerprint density at radius 2 is 2.00 bits per heavy atom. The normalized spacial score (nSPS) is 13.0. The molecule has 0 aliphatic heterocycles. The number of hydrogen-bond acceptors (Lipinski definition) is 5. The van der Waals surface area contributed by atoms with Crippen molar-refractivity contribution in [1.82, 2.24) is 19.9 Å². The molecule has 4 aromatic rings. The first-order valence-electron chi connectivity index (χ1n) is 10.6. The molecule has 2 heterocycles. The average molecular weight is 422 g/mol. The summed E-state index contributed by atoms with van der Waals surface area (Å²) in [6.07, 6.45) is 4.38. The predicted molar refractivity (Wildman–Crippen MR) is 123 cm³/mol. The van der Waals surface area contributed by atoms with E-state index in [2.05, 4.69) is 26.8 Å². The first-order valence-corrected chi connectivity index (χ1v) is 10.6. The van der Waals surface area contributed by atoms with Gasteiger partial charge in [0.25, 0.3) is 5.91 Å². The number of aromatic nitrogens is 3. The Kier molecular flexibility index (Phi) is 5.04. The summed E-state index contributed by atoms with van der Waals surface area (Å²) < 4.78 is 1.74. The lowest BCUT2D eigenvalue weighted by molar-refractivity contribution is 0.0950. The maximum atomic E-state index is 12.4. The molecule has 0 unspecified atom stereocenters. The molecular formula is C25H22N6O. The number of aryl methyl sites for hydroxylation is 1. The van der Waals surface area contributed by atoms with Crippen molar-refractivity contribution in [3.63, 3.8) is 0 Å². The molecule has 0 spiro atoms. The molecule has 1 saturated carbocycles. The van der Waals surface area contributed by atoms with Gasteiger partial charge in [-0.05, 0) is 66.8 Å². The van der Waals surface area contributed by atoms with Crippen molar-refractivity contribution in [1.29, 1.82) is 5.26 Å². The summed E-state index contributed by atoms with van der Waals surface area (Å²) in [5, 5.41) is 19.7. The minimum absolute atomic E-state index is 0.0205. The molecule has 7 heteroatoms. The number of benzene rings is 2. The van der Waals surface area contributed by atoms with E-state index >= 15 is 0 Å². The largest absolute Gasteiger partial charge is 0.349 e. The number of hydrogen-bond donors (Lipinski definition) is 2. The third kappa shape index (κ3) is 4.03. The maximum Gasteiger partial charge on any atom is 0.251 e. The van der Waals surface area contributed by atoms with Crippen molar-refractivity contribution >= 4 is 23.2 Å². The summed E-state index contributed by atoms with van der Waals surface area (Å²) in [4.78, 5) is 17.0. The summed E-state index contributed by atoms with van der Waals surface area (Å²) in [6, 6.07) is 20.0. The Morgan fingerprint density at radius 1 is 1.19 bits per heavy atom. The molecule has 2 aromatic carbocycles. The van der Waals surface area contributed by atoms with Gasteiger partial charge < -0.3 is 10.6 Å². The van der Waals surface area contributed by atoms with E-state index in [1.54, 1.807) is 4.52 Å². The number of nitrogens with zero attached hydrogens (tertiary/aromatic N) is 4. The topological polar surface area (TPSA) is 95.1 Å². The zero-order chi connectivity index (χ0) is 22.1. The van der Waals surface area contributed by atoms with Gasteiger partial charge in [-0.15, -0.1) is 5.10 Å². The lowest BCUT2D eigenvalue weighted by Gasteiger charge is -2.09. The summed E-state index contributed by atoms with van der Waals surface area (Å²) in [5.74, 6) is 0.459. The second-order valence-corrected chi connectivity index (χ2v) is 8.06. The molecule has 32 heavy (non-hydrogen) atoms. The molecule has 158 valence electrons. The number of carbonyl (C=O) groups is 1. The van der Waals surface area contributed by atoms with Gasteiger partial charge in [-0.1, -0.05) is 24.3 Å². The molecule has 2 N–H and O–H groups in total. The number of rotatable bonds is 6. The van der Waals surface area contributed by atoms with Crippen LogP contribution in [0.5, 0.6) is 0 Å². The monoisotopic (exact) mass is 422 g/mol. The van der Waals surface area contributed by atoms with Gasteiger partial charge in [0.15, 0.2) is 5.65 Å². The van der Waals surface area contributed by atoms with Crippen molar-refractivity contribution in [3.05, 3.63) is 77.5 Å². The van der Waals surface area contributed by atoms with Crippen LogP contribution in [0, 0.1) is 18.3 Å². The molecule has 2 aromatic heterocycles. The van der Waals surface area contributed by atoms with Gasteiger partial charge in [-0.3, -0.25) is 4.79 Å². The number of nitriles is 1. The lowest BCUT2D eigenvalue weighted by atomic mass is 10.0. The van der Waals surface area contributed by atoms with Crippen molar-refractivity contribution < 1.29 is 4.79 Å². The quantitative estimate of drug-likeness (QED) is 0.480. The van der Waals surface area contributed by atoms with Crippen LogP contribution in [0.25, 0.3) is 16.8 Å². The molecule has 5 rings (SSSR count). The standard InChI is InChI=1S/C25H22N6O/c1-16-15-20(10-11-21(16)24(32)27-19-8-9-19)28-25-29-23-22(3-2-14-31(23)30-25)18-6-4-17(5-7-18)12-13-26/h2-7,10-11,14-15,19H,8-9,12H2,1H3,(H,27,32)(H,28,30). The molecule has 0 bridgehead atoms. The van der Waals surface area contributed by atoms with Crippen LogP contribution in [-0.4, -0.2) is 26.5 Å². The molecule has 1 aliphatic carbocycles. The highest BCUT2D eigenvalue weighted by atomic mass is 16.1. The van der Waals surface area contributed by atoms with Gasteiger partial charge >= 0.3 is 0 Å². The first-order chi connectivity index (χ1) is 15.6. The third-order valence-electron chi connectivity index (χ3n) is 5.55. The highest BCUT2D eigenvalue weighted by Crippen LogP contribution is 2.26. The Balaban J connectivity index is 1.39. The molecule has 0 atom stereocenters. The fourth-order valence-electron chi connectivity index (χ4n) is 3.69. The molecular weight excluding hydrogens is 400 g/mol. The van der Waals surface area contributed by atoms with Crippen molar-refractivity contribution in [2.45, 2.75) is 32.2 Å². The van der Waals surface area contributed by atoms with Crippen LogP contribution in [0.1, 0.15) is 34.3 Å². The zero-order valence-electron chi connectivity index (χ0n) is 17.7. The average Bonchev–Trinajstić information content (AvgIpc) is 3.50. The second-order valence-electron chi connectivity index (χ2n) is 8.06. The molecule has 0 saturated heterocycles. The van der Waals surface area contributed by atoms with Gasteiger partial charge in [0.05, 0.1) is 12.5 Å². The molecule has 1 fully saturated rings. The van der Waals surface area contributed by atoms with E-state index in [-0.39, 0.29) is 5.91 Å². The fraction of sp³-hybridized carbons (Fsp3) is 0.200. The summed E-state index contributed by atoms with van der Waals surface area (Å²) in [7, 11) is 0. The predicted octanol–water partition coefficient (Wildman–Crippen LogP) is 4.41. The van der Waals surface area contributed by atoms with Crippen molar-refractivity contribution in [3.8, 4) is 17.2 Å². The Morgan fingerprint density at radius 3 is 2.72 bits per heavy atom. The lowest BCUT2D eigenvalue weighted by Crippen LogP contribution is -2.26. The van der Waals surface area contributed by atoms with Crippen molar-refractivity contribution in [2.24, 2.45) is 0 Å². The summed E-state index contributed by atoms with van der Waals surface area (Å²) >= 11 is 0. The molecule has 1 aliphatic rings. The van der Waals surface area contributed by atoms with Crippen LogP contribution in [0.2, 0.25) is 0 Å². The fourth-order valence-corrected chi connectivity index (χ4v) is 3.69. The first kappa shape index (κ1) is 19.8. The van der Waals surface area contributed by atoms with E-state index in [1.165, 1.54) is 0 Å². The van der Waals surface area contributed by atoms with Gasteiger partial charge in [0.1, 0.15) is 0 Å². The number of nitrogens with one attached hydrogen (secondary N) is 2. The second kappa shape index (κ2) is 8.16. The molecule has 1 amide bonds. The van der Waals surface area contributed by atoms with Crippen LogP contribution >= 0.6 is 0 Å². The van der Waals surface area contributed by atoms with Gasteiger partial charge in [0.2, 0.25) is 5.95 Å². The number of anilines is 2. The minimum atomic E-state index is -0.0205. The van der Waals surface area contributed by atoms with Gasteiger partial charge in [-0.2, -0.15) is 10.2 Å². The maximum absolute atomic E-state index is 12.4. The Bertz CT molecular complexity index is 1350. The number of amides is 1. The molecule has 0 radical (unpaired) electrons. The number of fused-ring (bicyclic) bond motifs is 1. The van der Waals surface area contributed by atoms with E-state index in [0.29, 0.717) is 24.0 Å². The van der Waals surface area contributed by atoms with Crippen LogP contribution in [0.3, 0.4) is 0 Å². The van der Waals surface area contributed by atoms with Gasteiger partial charge in [-0.25, -0.2) is 4.52 Å². The van der Waals surface area contributed by atoms with E-state index < -0.39 is 0 Å². The van der Waals surface area contributed by atoms with E-state index in [9.17, 15) is 4.79 Å². The van der Waals surface area contributed by atoms with E-state index in [4.69, 9.17) is 5.26 Å². The molecule has 7 nitrogen and oxygen atoms in total. The zero-order valence-corrected chi connectivity index (χ0v) is 17.7. The Hall–Kier alpha value is -4.18. The van der Waals surface area contributed by atoms with Crippen LogP contribution in [0.4, 0.5) is 11.6 Å². The SMILES string of the molecule is Cc1cc(Nc2nc3c(-c4ccc(CC#N)cc4)cccn3n2)ccc1C(=O)NC1CC1. The van der Waals surface area contributed by atoms with Gasteiger partial charge in [0, 0.05) is 29.1 Å². The highest BCUT2D eigenvalue weighted by Gasteiger charge is 2.24. The summed E-state index contributed by atoms with van der Waals surface area (Å²) in [6.45, 7) is 1.93. The number of carbonyl (C=O) groups excluding carboxylic acids is 1. The highest BCUT2D eigenvalue weighted by molar-refractivity contribution is 5.96. The Labute approximate surface area is 185 Å². The van der Waals surface area contributed by atoms with Crippen molar-refractivity contribution in [2.75, 3.05) is 5.32 Å². The summed E-state index contributed by atoms with van der Waals surface area (Å²) in [5.41, 5.74) is 6.10. The smallest absolute Gasteiger partial charge is 0.251 e. The number of pyridine rings is 1. The third-order valence-corrected chi connectivity index (χ3v) is 5.55. The van der Waals surface area contributed by atoms with Crippen LogP contribution in [-0.2, 0) is 6.42 Å². The van der Waals surface area contributed by atoms with Crippen LogP contribution < -0.4 is 10.6 Å². The van der Waals surface area contributed by atoms with E-state index in [0.717, 1.165) is 46.4 Å². The van der Waals surface area contributed by atoms with E-state index in [1.807, 2.05) is 67.7 Å². The minimum Gasteiger partial charge on any atom is -0.349 e. The van der Waals surface area contributed by atoms with Crippen LogP contribution in [0.15, 0.2) is 60.8 Å².